The number of nitrogens with zero attached hydrogens (tertiary/aromatic N) is 2. The highest BCUT2D eigenvalue weighted by Crippen LogP contribution is 2.65. The highest BCUT2D eigenvalue weighted by molar-refractivity contribution is 5.95. The number of hydrogen-bond acceptors (Lipinski definition) is 6. The lowest BCUT2D eigenvalue weighted by Crippen LogP contribution is -2.61. The number of piperidine rings is 2. The van der Waals surface area contributed by atoms with E-state index in [-0.39, 0.29) is 42.2 Å². The van der Waals surface area contributed by atoms with Gasteiger partial charge in [0.2, 0.25) is 17.7 Å². The molecule has 2 saturated heterocycles. The fourth-order valence-electron chi connectivity index (χ4n) is 6.23. The van der Waals surface area contributed by atoms with Crippen molar-refractivity contribution in [1.82, 2.24) is 20.9 Å². The smallest absolute Gasteiger partial charge is 0.373 e. The lowest BCUT2D eigenvalue weighted by molar-refractivity contribution is -0.177. The second-order valence-electron chi connectivity index (χ2n) is 11.8. The molecule has 2 heterocycles. The maximum Gasteiger partial charge on any atom is 0.471 e. The van der Waals surface area contributed by atoms with Gasteiger partial charge in [0.25, 0.3) is 0 Å². The Bertz CT molecular complexity index is 1040. The number of carbonyl (C=O) groups excluding carboxylic acids is 4. The number of nitrogens with one attached hydrogen (secondary N) is 3. The highest BCUT2D eigenvalue weighted by Gasteiger charge is 2.69. The molecule has 0 bridgehead atoms. The largest absolute Gasteiger partial charge is 0.471 e. The van der Waals surface area contributed by atoms with Crippen LogP contribution in [0.15, 0.2) is 0 Å². The number of rotatable bonds is 9. The third-order valence-electron chi connectivity index (χ3n) is 8.89. The first-order valence-electron chi connectivity index (χ1n) is 13.6. The summed E-state index contributed by atoms with van der Waals surface area (Å²) in [6.45, 7) is 6.03. The number of ether oxygens (including phenoxy) is 1. The Labute approximate surface area is 225 Å². The minimum Gasteiger partial charge on any atom is -0.373 e. The van der Waals surface area contributed by atoms with E-state index in [0.717, 1.165) is 12.8 Å². The van der Waals surface area contributed by atoms with Crippen LogP contribution in [0.5, 0.6) is 0 Å². The van der Waals surface area contributed by atoms with Crippen LogP contribution in [-0.4, -0.2) is 78.1 Å². The molecule has 2 saturated carbocycles. The Hall–Kier alpha value is -2.88. The van der Waals surface area contributed by atoms with Gasteiger partial charge >= 0.3 is 12.1 Å². The first-order chi connectivity index (χ1) is 18.3. The first kappa shape index (κ1) is 29.1. The number of carbonyl (C=O) groups is 4. The van der Waals surface area contributed by atoms with Crippen LogP contribution < -0.4 is 16.0 Å². The van der Waals surface area contributed by atoms with Crippen LogP contribution >= 0.6 is 0 Å². The normalized spacial score (nSPS) is 30.1. The molecule has 39 heavy (non-hydrogen) atoms. The zero-order valence-corrected chi connectivity index (χ0v) is 22.3. The van der Waals surface area contributed by atoms with Crippen molar-refractivity contribution in [2.24, 2.45) is 23.2 Å². The maximum absolute atomic E-state index is 13.7. The van der Waals surface area contributed by atoms with Gasteiger partial charge < -0.3 is 25.6 Å². The van der Waals surface area contributed by atoms with E-state index in [0.29, 0.717) is 25.8 Å². The van der Waals surface area contributed by atoms with E-state index in [2.05, 4.69) is 10.6 Å². The van der Waals surface area contributed by atoms with Crippen molar-refractivity contribution in [3.05, 3.63) is 0 Å². The van der Waals surface area contributed by atoms with Gasteiger partial charge in [0.15, 0.2) is 0 Å². The number of amides is 4. The molecule has 2 aliphatic heterocycles. The van der Waals surface area contributed by atoms with Crippen molar-refractivity contribution in [2.75, 3.05) is 13.1 Å². The summed E-state index contributed by atoms with van der Waals surface area (Å²) in [5, 5.41) is 16.9. The zero-order chi connectivity index (χ0) is 28.7. The quantitative estimate of drug-likeness (QED) is 0.393. The molecule has 0 spiro atoms. The van der Waals surface area contributed by atoms with Crippen LogP contribution in [0, 0.1) is 34.5 Å². The topological polar surface area (TPSA) is 141 Å². The average molecular weight is 556 g/mol. The molecule has 0 radical (unpaired) electrons. The predicted octanol–water partition coefficient (Wildman–Crippen LogP) is 1.40. The highest BCUT2D eigenvalue weighted by atomic mass is 19.4. The van der Waals surface area contributed by atoms with Gasteiger partial charge in [-0.1, -0.05) is 13.8 Å². The summed E-state index contributed by atoms with van der Waals surface area (Å²) < 4.78 is 45.2. The van der Waals surface area contributed by atoms with E-state index in [1.807, 2.05) is 19.9 Å². The van der Waals surface area contributed by atoms with Crippen LogP contribution in [0.25, 0.3) is 0 Å². The second kappa shape index (κ2) is 10.9. The fraction of sp³-hybridized carbons (Fsp3) is 0.808. The van der Waals surface area contributed by atoms with Crippen molar-refractivity contribution in [3.8, 4) is 6.07 Å². The molecule has 2 aliphatic carbocycles. The van der Waals surface area contributed by atoms with Crippen LogP contribution in [0.4, 0.5) is 13.2 Å². The van der Waals surface area contributed by atoms with E-state index in [1.54, 1.807) is 5.32 Å². The van der Waals surface area contributed by atoms with Gasteiger partial charge in [-0.2, -0.15) is 18.4 Å². The van der Waals surface area contributed by atoms with Crippen LogP contribution in [-0.2, 0) is 23.9 Å². The molecule has 7 unspecified atom stereocenters. The summed E-state index contributed by atoms with van der Waals surface area (Å²) in [4.78, 5) is 52.5. The molecule has 7 atom stereocenters. The molecule has 0 aromatic rings. The molecule has 0 aromatic carbocycles. The van der Waals surface area contributed by atoms with Crippen LogP contribution in [0.2, 0.25) is 0 Å². The van der Waals surface area contributed by atoms with Gasteiger partial charge in [-0.25, -0.2) is 0 Å². The molecule has 4 amide bonds. The molecule has 216 valence electrons. The molecule has 4 aliphatic rings. The molecule has 4 fully saturated rings. The summed E-state index contributed by atoms with van der Waals surface area (Å²) in [7, 11) is 0. The summed E-state index contributed by atoms with van der Waals surface area (Å²) in [6, 6.07) is -1.64. The lowest BCUT2D eigenvalue weighted by atomic mass is 9.91. The Morgan fingerprint density at radius 3 is 2.46 bits per heavy atom. The molecule has 0 aromatic heterocycles. The van der Waals surface area contributed by atoms with Gasteiger partial charge in [0.1, 0.15) is 18.1 Å². The van der Waals surface area contributed by atoms with Crippen LogP contribution in [0.3, 0.4) is 0 Å². The van der Waals surface area contributed by atoms with Crippen molar-refractivity contribution >= 4 is 23.6 Å². The Morgan fingerprint density at radius 2 is 1.90 bits per heavy atom. The number of alkyl halides is 3. The third-order valence-corrected chi connectivity index (χ3v) is 8.89. The standard InChI is InChI=1S/C26H36F3N5O5/c1-13(39-16-7-4-8-16)19(33-24(38)26(27,28)29)23(37)34-12-17-18(25(17,2)3)20(34)22(36)32-15(11-30)10-14-6-5-9-31-21(14)35/h13-20H,4-10,12H2,1-3H3,(H,31,35)(H,32,36)(H,33,38). The van der Waals surface area contributed by atoms with Gasteiger partial charge in [-0.3, -0.25) is 19.2 Å². The summed E-state index contributed by atoms with van der Waals surface area (Å²) in [6.07, 6.45) is -2.69. The first-order valence-corrected chi connectivity index (χ1v) is 13.6. The molecular weight excluding hydrogens is 519 g/mol. The molecule has 3 N–H and O–H groups in total. The van der Waals surface area contributed by atoms with E-state index < -0.39 is 54.0 Å². The average Bonchev–Trinajstić information content (AvgIpc) is 3.16. The van der Waals surface area contributed by atoms with E-state index in [9.17, 15) is 37.6 Å². The number of nitriles is 1. The van der Waals surface area contributed by atoms with Crippen molar-refractivity contribution < 1.29 is 37.1 Å². The molecular formula is C26H36F3N5O5. The maximum atomic E-state index is 13.7. The monoisotopic (exact) mass is 555 g/mol. The predicted molar refractivity (Wildman–Crippen MR) is 130 cm³/mol. The Kier molecular flexibility index (Phi) is 8.17. The number of halogens is 3. The number of likely N-dealkylation sites (tertiary alicyclic amines) is 1. The van der Waals surface area contributed by atoms with Gasteiger partial charge in [0, 0.05) is 19.0 Å². The van der Waals surface area contributed by atoms with E-state index in [4.69, 9.17) is 4.74 Å². The SMILES string of the molecule is CC(OC1CCC1)C(NC(=O)C(F)(F)F)C(=O)N1CC2C(C1C(=O)NC(C#N)CC1CCCNC1=O)C2(C)C. The van der Waals surface area contributed by atoms with Gasteiger partial charge in [-0.15, -0.1) is 0 Å². The summed E-state index contributed by atoms with van der Waals surface area (Å²) in [5.74, 6) is -4.63. The fourth-order valence-corrected chi connectivity index (χ4v) is 6.23. The Morgan fingerprint density at radius 1 is 1.21 bits per heavy atom. The number of hydrogen-bond donors (Lipinski definition) is 3. The Balaban J connectivity index is 1.52. The zero-order valence-electron chi connectivity index (χ0n) is 22.3. The minimum atomic E-state index is -5.20. The van der Waals surface area contributed by atoms with Crippen molar-refractivity contribution in [1.29, 1.82) is 5.26 Å². The van der Waals surface area contributed by atoms with Crippen molar-refractivity contribution in [2.45, 2.75) is 95.8 Å². The summed E-state index contributed by atoms with van der Waals surface area (Å²) in [5.41, 5.74) is -0.289. The van der Waals surface area contributed by atoms with E-state index >= 15 is 0 Å². The van der Waals surface area contributed by atoms with Crippen molar-refractivity contribution in [3.63, 3.8) is 0 Å². The molecule has 4 rings (SSSR count). The number of fused-ring (bicyclic) bond motifs is 1. The third kappa shape index (κ3) is 6.00. The second-order valence-corrected chi connectivity index (χ2v) is 11.8. The molecule has 10 nitrogen and oxygen atoms in total. The van der Waals surface area contributed by atoms with Gasteiger partial charge in [-0.05, 0) is 62.7 Å². The van der Waals surface area contributed by atoms with Crippen LogP contribution in [0.1, 0.15) is 59.3 Å². The van der Waals surface area contributed by atoms with E-state index in [1.165, 1.54) is 11.8 Å². The summed E-state index contributed by atoms with van der Waals surface area (Å²) >= 11 is 0. The molecule has 13 heteroatoms. The van der Waals surface area contributed by atoms with Gasteiger partial charge in [0.05, 0.1) is 18.3 Å². The lowest BCUT2D eigenvalue weighted by Gasteiger charge is -2.37. The minimum absolute atomic E-state index is 0.0660.